The Morgan fingerprint density at radius 2 is 1.82 bits per heavy atom. The third kappa shape index (κ3) is 3.62. The first-order valence-corrected chi connectivity index (χ1v) is 8.98. The normalized spacial score (nSPS) is 11.1. The van der Waals surface area contributed by atoms with Crippen LogP contribution in [-0.2, 0) is 6.54 Å². The predicted molar refractivity (Wildman–Crippen MR) is 103 cm³/mol. The Labute approximate surface area is 162 Å². The van der Waals surface area contributed by atoms with Crippen LogP contribution in [0.1, 0.15) is 31.2 Å². The first-order valence-electron chi connectivity index (χ1n) is 8.98. The number of nitrogens with zero attached hydrogens (tertiary/aromatic N) is 6. The predicted octanol–water partition coefficient (Wildman–Crippen LogP) is 3.57. The van der Waals surface area contributed by atoms with E-state index in [9.17, 15) is 0 Å². The lowest BCUT2D eigenvalue weighted by atomic mass is 10.0. The minimum atomic E-state index is 0.235. The zero-order chi connectivity index (χ0) is 19.5. The molecule has 2 heterocycles. The van der Waals surface area contributed by atoms with E-state index >= 15 is 0 Å². The van der Waals surface area contributed by atoms with Gasteiger partial charge in [0.1, 0.15) is 12.3 Å². The van der Waals surface area contributed by atoms with Gasteiger partial charge in [-0.05, 0) is 28.8 Å². The second kappa shape index (κ2) is 7.59. The number of hydrogen-bond donors (Lipinski definition) is 0. The monoisotopic (exact) mass is 376 g/mol. The van der Waals surface area contributed by atoms with E-state index in [4.69, 9.17) is 9.26 Å². The molecule has 0 amide bonds. The van der Waals surface area contributed by atoms with Crippen LogP contribution in [-0.4, -0.2) is 37.5 Å². The van der Waals surface area contributed by atoms with Gasteiger partial charge in [0.25, 0.3) is 5.89 Å². The summed E-state index contributed by atoms with van der Waals surface area (Å²) in [5.74, 6) is 2.56. The van der Waals surface area contributed by atoms with E-state index in [1.54, 1.807) is 7.11 Å². The van der Waals surface area contributed by atoms with Gasteiger partial charge in [0, 0.05) is 5.56 Å². The summed E-state index contributed by atoms with van der Waals surface area (Å²) in [6.07, 6.45) is 0. The van der Waals surface area contributed by atoms with Crippen molar-refractivity contribution in [2.24, 2.45) is 0 Å². The SMILES string of the molecule is COc1ccccc1-c1noc(Cn2nnc(-c3ccc(C(C)C)cc3)n2)n1. The molecular weight excluding hydrogens is 356 g/mol. The number of benzene rings is 2. The Morgan fingerprint density at radius 3 is 2.57 bits per heavy atom. The van der Waals surface area contributed by atoms with E-state index in [2.05, 4.69) is 51.5 Å². The molecule has 0 aliphatic rings. The average molecular weight is 376 g/mol. The second-order valence-electron chi connectivity index (χ2n) is 6.63. The van der Waals surface area contributed by atoms with Gasteiger partial charge in [0.2, 0.25) is 11.6 Å². The molecule has 0 aliphatic carbocycles. The minimum absolute atomic E-state index is 0.235. The van der Waals surface area contributed by atoms with Crippen molar-refractivity contribution in [3.05, 3.63) is 60.0 Å². The zero-order valence-corrected chi connectivity index (χ0v) is 15.9. The first-order chi connectivity index (χ1) is 13.6. The van der Waals surface area contributed by atoms with Crippen molar-refractivity contribution in [2.75, 3.05) is 7.11 Å². The highest BCUT2D eigenvalue weighted by atomic mass is 16.5. The van der Waals surface area contributed by atoms with E-state index in [-0.39, 0.29) is 6.54 Å². The lowest BCUT2D eigenvalue weighted by molar-refractivity contribution is 0.356. The van der Waals surface area contributed by atoms with Crippen molar-refractivity contribution in [3.63, 3.8) is 0 Å². The summed E-state index contributed by atoms with van der Waals surface area (Å²) in [6, 6.07) is 15.7. The number of ether oxygens (including phenoxy) is 1. The molecule has 0 atom stereocenters. The summed E-state index contributed by atoms with van der Waals surface area (Å²) in [4.78, 5) is 5.85. The molecule has 4 aromatic rings. The molecule has 0 aliphatic heterocycles. The van der Waals surface area contributed by atoms with Gasteiger partial charge < -0.3 is 9.26 Å². The van der Waals surface area contributed by atoms with Crippen molar-refractivity contribution in [3.8, 4) is 28.5 Å². The molecule has 4 rings (SSSR count). The van der Waals surface area contributed by atoms with E-state index in [1.807, 2.05) is 36.4 Å². The topological polar surface area (TPSA) is 91.8 Å². The molecule has 28 heavy (non-hydrogen) atoms. The standard InChI is InChI=1S/C20H20N6O2/c1-13(2)14-8-10-15(11-9-14)19-22-25-26(23-19)12-18-21-20(24-28-18)16-6-4-5-7-17(16)27-3/h4-11,13H,12H2,1-3H3. The third-order valence-corrected chi connectivity index (χ3v) is 4.38. The van der Waals surface area contributed by atoms with Crippen LogP contribution in [0.2, 0.25) is 0 Å². The fourth-order valence-electron chi connectivity index (χ4n) is 2.82. The Hall–Kier alpha value is -3.55. The van der Waals surface area contributed by atoms with Crippen LogP contribution in [0.25, 0.3) is 22.8 Å². The summed E-state index contributed by atoms with van der Waals surface area (Å²) < 4.78 is 10.7. The summed E-state index contributed by atoms with van der Waals surface area (Å²) in [6.45, 7) is 4.56. The fourth-order valence-corrected chi connectivity index (χ4v) is 2.82. The molecular formula is C20H20N6O2. The molecule has 2 aromatic heterocycles. The number of rotatable bonds is 6. The molecule has 0 fully saturated rings. The van der Waals surface area contributed by atoms with Gasteiger partial charge in [0.15, 0.2) is 0 Å². The van der Waals surface area contributed by atoms with E-state index in [1.165, 1.54) is 10.4 Å². The molecule has 8 heteroatoms. The number of tetrazole rings is 1. The maximum Gasteiger partial charge on any atom is 0.250 e. The Morgan fingerprint density at radius 1 is 1.04 bits per heavy atom. The maximum atomic E-state index is 5.34. The van der Waals surface area contributed by atoms with Gasteiger partial charge in [-0.15, -0.1) is 10.2 Å². The van der Waals surface area contributed by atoms with Crippen molar-refractivity contribution in [1.82, 2.24) is 30.3 Å². The van der Waals surface area contributed by atoms with Crippen molar-refractivity contribution >= 4 is 0 Å². The number of aromatic nitrogens is 6. The van der Waals surface area contributed by atoms with Crippen LogP contribution in [0.4, 0.5) is 0 Å². The summed E-state index contributed by atoms with van der Waals surface area (Å²) in [5, 5.41) is 16.6. The maximum absolute atomic E-state index is 5.34. The Bertz CT molecular complexity index is 1070. The first kappa shape index (κ1) is 17.8. The number of methoxy groups -OCH3 is 1. The van der Waals surface area contributed by atoms with Gasteiger partial charge >= 0.3 is 0 Å². The molecule has 0 spiro atoms. The van der Waals surface area contributed by atoms with E-state index in [0.29, 0.717) is 29.2 Å². The Kier molecular flexibility index (Phi) is 4.84. The van der Waals surface area contributed by atoms with E-state index in [0.717, 1.165) is 11.1 Å². The highest BCUT2D eigenvalue weighted by Gasteiger charge is 2.14. The van der Waals surface area contributed by atoms with Crippen LogP contribution >= 0.6 is 0 Å². The smallest absolute Gasteiger partial charge is 0.250 e. The van der Waals surface area contributed by atoms with Crippen molar-refractivity contribution in [2.45, 2.75) is 26.3 Å². The van der Waals surface area contributed by atoms with Gasteiger partial charge in [-0.1, -0.05) is 55.4 Å². The molecule has 0 saturated heterocycles. The molecule has 0 radical (unpaired) electrons. The molecule has 0 saturated carbocycles. The van der Waals surface area contributed by atoms with Crippen LogP contribution in [0, 0.1) is 0 Å². The van der Waals surface area contributed by atoms with E-state index < -0.39 is 0 Å². The molecule has 8 nitrogen and oxygen atoms in total. The molecule has 0 bridgehead atoms. The number of hydrogen-bond acceptors (Lipinski definition) is 7. The van der Waals surface area contributed by atoms with Gasteiger partial charge in [-0.2, -0.15) is 9.78 Å². The van der Waals surface area contributed by atoms with Crippen LogP contribution < -0.4 is 4.74 Å². The van der Waals surface area contributed by atoms with Gasteiger partial charge in [-0.3, -0.25) is 0 Å². The fraction of sp³-hybridized carbons (Fsp3) is 0.250. The average Bonchev–Trinajstić information content (AvgIpc) is 3.38. The quantitative estimate of drug-likeness (QED) is 0.508. The lowest BCUT2D eigenvalue weighted by Crippen LogP contribution is -2.04. The van der Waals surface area contributed by atoms with Gasteiger partial charge in [0.05, 0.1) is 12.7 Å². The molecule has 142 valence electrons. The zero-order valence-electron chi connectivity index (χ0n) is 15.9. The third-order valence-electron chi connectivity index (χ3n) is 4.38. The molecule has 2 aromatic carbocycles. The van der Waals surface area contributed by atoms with Gasteiger partial charge in [-0.25, -0.2) is 0 Å². The van der Waals surface area contributed by atoms with Crippen molar-refractivity contribution < 1.29 is 9.26 Å². The summed E-state index contributed by atoms with van der Waals surface area (Å²) in [5.41, 5.74) is 2.94. The Balaban J connectivity index is 1.51. The van der Waals surface area contributed by atoms with Crippen molar-refractivity contribution in [1.29, 1.82) is 0 Å². The van der Waals surface area contributed by atoms with Crippen LogP contribution in [0.3, 0.4) is 0 Å². The van der Waals surface area contributed by atoms with Crippen LogP contribution in [0.5, 0.6) is 5.75 Å². The molecule has 0 N–H and O–H groups in total. The lowest BCUT2D eigenvalue weighted by Gasteiger charge is -2.04. The minimum Gasteiger partial charge on any atom is -0.496 e. The summed E-state index contributed by atoms with van der Waals surface area (Å²) in [7, 11) is 1.61. The second-order valence-corrected chi connectivity index (χ2v) is 6.63. The largest absolute Gasteiger partial charge is 0.496 e. The summed E-state index contributed by atoms with van der Waals surface area (Å²) >= 11 is 0. The number of para-hydroxylation sites is 1. The molecule has 0 unspecified atom stereocenters. The highest BCUT2D eigenvalue weighted by molar-refractivity contribution is 5.63. The highest BCUT2D eigenvalue weighted by Crippen LogP contribution is 2.27. The van der Waals surface area contributed by atoms with Crippen LogP contribution in [0.15, 0.2) is 53.1 Å².